The summed E-state index contributed by atoms with van der Waals surface area (Å²) in [4.78, 5) is 20.7. The Morgan fingerprint density at radius 3 is 2.78 bits per heavy atom. The normalized spacial score (nSPS) is 11.3. The van der Waals surface area contributed by atoms with Gasteiger partial charge in [-0.15, -0.1) is 0 Å². The predicted molar refractivity (Wildman–Crippen MR) is 67.5 cm³/mol. The number of nitrogens with zero attached hydrogens (tertiary/aromatic N) is 4. The van der Waals surface area contributed by atoms with Gasteiger partial charge in [0.1, 0.15) is 5.69 Å². The molecule has 0 bridgehead atoms. The number of aryl methyl sites for hydroxylation is 2. The van der Waals surface area contributed by atoms with Crippen LogP contribution in [0, 0.1) is 13.8 Å². The van der Waals surface area contributed by atoms with E-state index in [0.29, 0.717) is 11.2 Å². The molecule has 0 aromatic carbocycles. The first kappa shape index (κ1) is 10.8. The summed E-state index contributed by atoms with van der Waals surface area (Å²) in [5.41, 5.74) is 2.72. The van der Waals surface area contributed by atoms with Gasteiger partial charge < -0.3 is 4.57 Å². The van der Waals surface area contributed by atoms with Crippen molar-refractivity contribution in [1.82, 2.24) is 24.1 Å². The number of hydrogen-bond acceptors (Lipinski definition) is 3. The zero-order valence-corrected chi connectivity index (χ0v) is 10.4. The van der Waals surface area contributed by atoms with Crippen LogP contribution in [0.5, 0.6) is 0 Å². The number of nitrogens with one attached hydrogen (secondary N) is 1. The fraction of sp³-hybridized carbons (Fsp3) is 0.250. The number of aromatic amines is 1. The van der Waals surface area contributed by atoms with Crippen LogP contribution in [0.3, 0.4) is 0 Å². The van der Waals surface area contributed by atoms with E-state index in [1.807, 2.05) is 30.8 Å². The quantitative estimate of drug-likeness (QED) is 0.694. The number of aromatic nitrogens is 5. The molecule has 18 heavy (non-hydrogen) atoms. The van der Waals surface area contributed by atoms with Crippen LogP contribution in [0.25, 0.3) is 17.2 Å². The van der Waals surface area contributed by atoms with Crippen LogP contribution in [-0.4, -0.2) is 24.1 Å². The van der Waals surface area contributed by atoms with E-state index in [1.54, 1.807) is 13.1 Å². The Hall–Kier alpha value is -2.37. The molecule has 0 amide bonds. The first-order chi connectivity index (χ1) is 8.58. The molecule has 0 aliphatic carbocycles. The first-order valence-corrected chi connectivity index (χ1v) is 5.64. The van der Waals surface area contributed by atoms with E-state index in [1.165, 1.54) is 4.52 Å². The van der Waals surface area contributed by atoms with E-state index >= 15 is 0 Å². The van der Waals surface area contributed by atoms with Gasteiger partial charge in [-0.3, -0.25) is 9.89 Å². The topological polar surface area (TPSA) is 68.0 Å². The molecule has 3 heterocycles. The Morgan fingerprint density at radius 1 is 1.33 bits per heavy atom. The van der Waals surface area contributed by atoms with Gasteiger partial charge in [0.25, 0.3) is 5.56 Å². The highest BCUT2D eigenvalue weighted by molar-refractivity contribution is 5.58. The second kappa shape index (κ2) is 3.56. The summed E-state index contributed by atoms with van der Waals surface area (Å²) in [5, 5.41) is 3.03. The van der Waals surface area contributed by atoms with E-state index in [0.717, 1.165) is 17.2 Å². The summed E-state index contributed by atoms with van der Waals surface area (Å²) in [6.45, 7) is 3.61. The SMILES string of the molecule is Cc1nc2cc(-c3nccn3C)[nH]n2c(=O)c1C. The first-order valence-electron chi connectivity index (χ1n) is 5.64. The smallest absolute Gasteiger partial charge is 0.275 e. The fourth-order valence-corrected chi connectivity index (χ4v) is 1.96. The van der Waals surface area contributed by atoms with Crippen molar-refractivity contribution >= 4 is 5.65 Å². The van der Waals surface area contributed by atoms with Gasteiger partial charge in [-0.05, 0) is 13.8 Å². The minimum absolute atomic E-state index is 0.0713. The van der Waals surface area contributed by atoms with Crippen LogP contribution in [-0.2, 0) is 7.05 Å². The van der Waals surface area contributed by atoms with Gasteiger partial charge in [0.05, 0.1) is 0 Å². The predicted octanol–water partition coefficient (Wildman–Crippen LogP) is 1.04. The molecule has 0 atom stereocenters. The number of H-pyrrole nitrogens is 1. The summed E-state index contributed by atoms with van der Waals surface area (Å²) < 4.78 is 3.34. The number of rotatable bonds is 1. The van der Waals surface area contributed by atoms with Crippen molar-refractivity contribution in [3.05, 3.63) is 40.1 Å². The van der Waals surface area contributed by atoms with E-state index in [9.17, 15) is 4.79 Å². The number of imidazole rings is 1. The fourth-order valence-electron chi connectivity index (χ4n) is 1.96. The number of fused-ring (bicyclic) bond motifs is 1. The number of hydrogen-bond donors (Lipinski definition) is 1. The Kier molecular flexibility index (Phi) is 2.13. The molecule has 3 aromatic heterocycles. The van der Waals surface area contributed by atoms with Crippen molar-refractivity contribution in [2.45, 2.75) is 13.8 Å². The maximum Gasteiger partial charge on any atom is 0.275 e. The molecule has 3 aromatic rings. The molecular formula is C12H13N5O. The molecule has 92 valence electrons. The molecule has 1 N–H and O–H groups in total. The second-order valence-corrected chi connectivity index (χ2v) is 4.35. The average molecular weight is 243 g/mol. The molecule has 0 aliphatic heterocycles. The Balaban J connectivity index is 2.33. The lowest BCUT2D eigenvalue weighted by molar-refractivity contribution is 0.860. The van der Waals surface area contributed by atoms with E-state index < -0.39 is 0 Å². The van der Waals surface area contributed by atoms with E-state index in [-0.39, 0.29) is 5.56 Å². The zero-order chi connectivity index (χ0) is 12.9. The highest BCUT2D eigenvalue weighted by Crippen LogP contribution is 2.15. The highest BCUT2D eigenvalue weighted by Gasteiger charge is 2.11. The molecule has 0 spiro atoms. The van der Waals surface area contributed by atoms with Crippen molar-refractivity contribution in [3.8, 4) is 11.5 Å². The van der Waals surface area contributed by atoms with Crippen molar-refractivity contribution in [3.63, 3.8) is 0 Å². The molecule has 3 rings (SSSR count). The second-order valence-electron chi connectivity index (χ2n) is 4.35. The molecule has 0 saturated carbocycles. The van der Waals surface area contributed by atoms with Crippen LogP contribution in [0.1, 0.15) is 11.3 Å². The van der Waals surface area contributed by atoms with Gasteiger partial charge in [0.15, 0.2) is 11.5 Å². The lowest BCUT2D eigenvalue weighted by Gasteiger charge is -1.99. The molecule has 0 unspecified atom stereocenters. The summed E-state index contributed by atoms with van der Waals surface area (Å²) in [5.74, 6) is 0.773. The summed E-state index contributed by atoms with van der Waals surface area (Å²) >= 11 is 0. The van der Waals surface area contributed by atoms with Gasteiger partial charge in [0.2, 0.25) is 0 Å². The van der Waals surface area contributed by atoms with Gasteiger partial charge in [-0.2, -0.15) is 0 Å². The van der Waals surface area contributed by atoms with Crippen LogP contribution in [0.15, 0.2) is 23.3 Å². The lowest BCUT2D eigenvalue weighted by atomic mass is 10.3. The molecule has 0 saturated heterocycles. The van der Waals surface area contributed by atoms with E-state index in [2.05, 4.69) is 15.1 Å². The standard InChI is InChI=1S/C12H13N5O/c1-7-8(2)14-10-6-9(15-17(10)12(7)18)11-13-4-5-16(11)3/h4-6,15H,1-3H3. The molecular weight excluding hydrogens is 230 g/mol. The molecule has 0 aliphatic rings. The van der Waals surface area contributed by atoms with Crippen LogP contribution >= 0.6 is 0 Å². The minimum Gasteiger partial charge on any atom is -0.333 e. The summed E-state index contributed by atoms with van der Waals surface area (Å²) in [7, 11) is 1.90. The summed E-state index contributed by atoms with van der Waals surface area (Å²) in [6, 6.07) is 1.83. The molecule has 6 nitrogen and oxygen atoms in total. The van der Waals surface area contributed by atoms with E-state index in [4.69, 9.17) is 0 Å². The van der Waals surface area contributed by atoms with Crippen LogP contribution in [0.4, 0.5) is 0 Å². The van der Waals surface area contributed by atoms with Gasteiger partial charge >= 0.3 is 0 Å². The Labute approximate surface area is 103 Å². The van der Waals surface area contributed by atoms with Crippen molar-refractivity contribution in [1.29, 1.82) is 0 Å². The third-order valence-electron chi connectivity index (χ3n) is 3.15. The van der Waals surface area contributed by atoms with Gasteiger partial charge in [0, 0.05) is 36.8 Å². The van der Waals surface area contributed by atoms with Gasteiger partial charge in [-0.1, -0.05) is 0 Å². The third-order valence-corrected chi connectivity index (χ3v) is 3.15. The van der Waals surface area contributed by atoms with Gasteiger partial charge in [-0.25, -0.2) is 14.5 Å². The third kappa shape index (κ3) is 1.38. The van der Waals surface area contributed by atoms with Crippen molar-refractivity contribution in [2.75, 3.05) is 0 Å². The van der Waals surface area contributed by atoms with Crippen LogP contribution in [0.2, 0.25) is 0 Å². The molecule has 6 heteroatoms. The lowest BCUT2D eigenvalue weighted by Crippen LogP contribution is -2.19. The summed E-state index contributed by atoms with van der Waals surface area (Å²) in [6.07, 6.45) is 3.57. The van der Waals surface area contributed by atoms with Crippen molar-refractivity contribution < 1.29 is 0 Å². The maximum absolute atomic E-state index is 12.1. The highest BCUT2D eigenvalue weighted by atomic mass is 16.1. The minimum atomic E-state index is -0.0713. The Morgan fingerprint density at radius 2 is 2.11 bits per heavy atom. The maximum atomic E-state index is 12.1. The Bertz CT molecular complexity index is 793. The molecule has 0 radical (unpaired) electrons. The largest absolute Gasteiger partial charge is 0.333 e. The average Bonchev–Trinajstić information content (AvgIpc) is 2.92. The monoisotopic (exact) mass is 243 g/mol. The zero-order valence-electron chi connectivity index (χ0n) is 10.4. The van der Waals surface area contributed by atoms with Crippen LogP contribution < -0.4 is 5.56 Å². The molecule has 0 fully saturated rings. The van der Waals surface area contributed by atoms with Crippen molar-refractivity contribution in [2.24, 2.45) is 7.05 Å².